The molecule has 4 rings (SSSR count). The van der Waals surface area contributed by atoms with E-state index in [4.69, 9.17) is 11.6 Å². The van der Waals surface area contributed by atoms with Crippen molar-refractivity contribution in [2.24, 2.45) is 29.1 Å². The first-order valence-corrected chi connectivity index (χ1v) is 14.3. The third-order valence-corrected chi connectivity index (χ3v) is 9.20. The van der Waals surface area contributed by atoms with Crippen LogP contribution < -0.4 is 27.2 Å². The Morgan fingerprint density at radius 3 is 2.21 bits per heavy atom. The molecular weight excluding hydrogens is 522 g/mol. The number of nitrogens with zero attached hydrogens (tertiary/aromatic N) is 2. The van der Waals surface area contributed by atoms with Crippen molar-refractivity contribution in [1.82, 2.24) is 37.0 Å². The quantitative estimate of drug-likeness (QED) is 0.176. The van der Waals surface area contributed by atoms with E-state index in [0.717, 1.165) is 37.8 Å². The van der Waals surface area contributed by atoms with E-state index in [9.17, 15) is 0 Å². The molecule has 0 amide bonds. The van der Waals surface area contributed by atoms with Crippen molar-refractivity contribution in [2.75, 3.05) is 45.8 Å². The lowest BCUT2D eigenvalue weighted by Crippen LogP contribution is -2.53. The normalized spacial score (nSPS) is 29.9. The van der Waals surface area contributed by atoms with Crippen molar-refractivity contribution in [2.45, 2.75) is 84.8 Å². The molecule has 0 saturated carbocycles. The highest BCUT2D eigenvalue weighted by Gasteiger charge is 2.40. The van der Waals surface area contributed by atoms with Crippen molar-refractivity contribution in [3.63, 3.8) is 0 Å². The molecule has 0 bridgehead atoms. The molecule has 236 valence electrons. The molecule has 2 unspecified atom stereocenters. The van der Waals surface area contributed by atoms with E-state index < -0.39 is 0 Å². The summed E-state index contributed by atoms with van der Waals surface area (Å²) < 4.78 is 0. The number of nitrogens with one attached hydrogen (secondary N) is 5. The average molecular weight is 584 g/mol. The minimum Gasteiger partial charge on any atom is -0.412 e. The van der Waals surface area contributed by atoms with E-state index in [1.807, 2.05) is 0 Å². The zero-order chi connectivity index (χ0) is 24.1. The van der Waals surface area contributed by atoms with Crippen LogP contribution >= 0.6 is 11.6 Å². The third kappa shape index (κ3) is 11.8. The summed E-state index contributed by atoms with van der Waals surface area (Å²) in [6.07, 6.45) is 11.1. The molecule has 3 heterocycles. The molecule has 4 aliphatic rings. The van der Waals surface area contributed by atoms with Gasteiger partial charge in [-0.05, 0) is 80.8 Å². The first-order chi connectivity index (χ1) is 16.3. The van der Waals surface area contributed by atoms with Gasteiger partial charge in [0.05, 0.1) is 11.5 Å². The standard InChI is InChI=1S/C26H50ClN7.CH4.4H2O/c1-19(2)24(28-15-20-9-12-33(16-20)14-11-25-29-31-32-30-25)17-34-13-10-23(26(3,4)18-34)21-5-7-22(27)8-6-21;;;;;/h5,7,19-25,28-32H,6,8-18H2,1-4H3;1H4;4*1H2/t20-,21?,22?,23+,24-;;;;;/m0...../s1. The van der Waals surface area contributed by atoms with Gasteiger partial charge in [-0.15, -0.1) is 11.6 Å². The van der Waals surface area contributed by atoms with Gasteiger partial charge in [0, 0.05) is 32.2 Å². The van der Waals surface area contributed by atoms with Crippen molar-refractivity contribution in [3.8, 4) is 0 Å². The summed E-state index contributed by atoms with van der Waals surface area (Å²) in [4.78, 5) is 5.37. The lowest BCUT2D eigenvalue weighted by atomic mass is 9.65. The lowest BCUT2D eigenvalue weighted by Gasteiger charge is -2.48. The van der Waals surface area contributed by atoms with Crippen LogP contribution in [-0.2, 0) is 0 Å². The Labute approximate surface area is 242 Å². The molecule has 11 nitrogen and oxygen atoms in total. The van der Waals surface area contributed by atoms with E-state index in [-0.39, 0.29) is 34.7 Å². The number of allylic oxidation sites excluding steroid dienone is 2. The van der Waals surface area contributed by atoms with Crippen molar-refractivity contribution in [3.05, 3.63) is 12.2 Å². The van der Waals surface area contributed by atoms with E-state index >= 15 is 0 Å². The van der Waals surface area contributed by atoms with Crippen LogP contribution in [0.15, 0.2) is 12.2 Å². The molecule has 0 spiro atoms. The summed E-state index contributed by atoms with van der Waals surface area (Å²) in [5, 5.41) is 4.24. The van der Waals surface area contributed by atoms with Crippen LogP contribution in [0, 0.1) is 29.1 Å². The smallest absolute Gasteiger partial charge is 0.0871 e. The topological polar surface area (TPSA) is 193 Å². The van der Waals surface area contributed by atoms with Gasteiger partial charge in [0.2, 0.25) is 0 Å². The van der Waals surface area contributed by atoms with Crippen LogP contribution in [0.1, 0.15) is 67.2 Å². The van der Waals surface area contributed by atoms with Crippen LogP contribution in [0.5, 0.6) is 0 Å². The highest BCUT2D eigenvalue weighted by Crippen LogP contribution is 2.43. The summed E-state index contributed by atoms with van der Waals surface area (Å²) in [6.45, 7) is 18.1. The molecular formula is C27H62ClN7O4. The Hall–Kier alpha value is -0.410. The number of hydrazine groups is 3. The van der Waals surface area contributed by atoms with E-state index in [1.165, 1.54) is 52.0 Å². The maximum atomic E-state index is 6.31. The summed E-state index contributed by atoms with van der Waals surface area (Å²) in [5.74, 6) is 2.91. The van der Waals surface area contributed by atoms with Gasteiger partial charge in [0.1, 0.15) is 0 Å². The molecule has 0 radical (unpaired) electrons. The van der Waals surface area contributed by atoms with Gasteiger partial charge < -0.3 is 37.0 Å². The summed E-state index contributed by atoms with van der Waals surface area (Å²) in [7, 11) is 0. The van der Waals surface area contributed by atoms with Gasteiger partial charge >= 0.3 is 0 Å². The van der Waals surface area contributed by atoms with E-state index in [1.54, 1.807) is 0 Å². The molecule has 3 saturated heterocycles. The Kier molecular flexibility index (Phi) is 19.7. The highest BCUT2D eigenvalue weighted by atomic mass is 35.5. The lowest BCUT2D eigenvalue weighted by molar-refractivity contribution is 0.0218. The average Bonchev–Trinajstić information content (AvgIpc) is 3.47. The van der Waals surface area contributed by atoms with Crippen LogP contribution in [0.3, 0.4) is 0 Å². The second-order valence-electron chi connectivity index (χ2n) is 12.4. The van der Waals surface area contributed by atoms with Gasteiger partial charge in [-0.3, -0.25) is 0 Å². The zero-order valence-corrected chi connectivity index (χ0v) is 24.7. The Morgan fingerprint density at radius 1 is 0.949 bits per heavy atom. The van der Waals surface area contributed by atoms with E-state index in [0.29, 0.717) is 29.5 Å². The number of alkyl halides is 1. The molecule has 12 heteroatoms. The van der Waals surface area contributed by atoms with E-state index in [2.05, 4.69) is 76.9 Å². The number of rotatable bonds is 10. The number of halogens is 1. The summed E-state index contributed by atoms with van der Waals surface area (Å²) >= 11 is 6.31. The molecule has 0 aromatic carbocycles. The molecule has 0 aromatic rings. The molecule has 13 N–H and O–H groups in total. The maximum Gasteiger partial charge on any atom is 0.0871 e. The van der Waals surface area contributed by atoms with Gasteiger partial charge in [-0.2, -0.15) is 11.1 Å². The van der Waals surface area contributed by atoms with Gasteiger partial charge in [-0.1, -0.05) is 47.3 Å². The molecule has 1 aliphatic carbocycles. The fraction of sp³-hybridized carbons (Fsp3) is 0.926. The van der Waals surface area contributed by atoms with Crippen molar-refractivity contribution in [1.29, 1.82) is 0 Å². The largest absolute Gasteiger partial charge is 0.412 e. The van der Waals surface area contributed by atoms with Gasteiger partial charge in [0.15, 0.2) is 0 Å². The fourth-order valence-corrected chi connectivity index (χ4v) is 6.92. The molecule has 5 atom stereocenters. The number of hydrogen-bond donors (Lipinski definition) is 5. The third-order valence-electron chi connectivity index (χ3n) is 8.84. The van der Waals surface area contributed by atoms with Crippen molar-refractivity contribution < 1.29 is 21.9 Å². The minimum absolute atomic E-state index is 0. The fourth-order valence-electron chi connectivity index (χ4n) is 6.71. The predicted molar refractivity (Wildman–Crippen MR) is 163 cm³/mol. The first kappa shape index (κ1) is 40.7. The second kappa shape index (κ2) is 18.9. The summed E-state index contributed by atoms with van der Waals surface area (Å²) in [5.41, 5.74) is 12.5. The molecule has 3 fully saturated rings. The number of likely N-dealkylation sites (tertiary alicyclic amines) is 2. The number of piperidine rings is 1. The monoisotopic (exact) mass is 583 g/mol. The Balaban J connectivity index is 0. The van der Waals surface area contributed by atoms with Gasteiger partial charge in [-0.25, -0.2) is 10.9 Å². The van der Waals surface area contributed by atoms with Gasteiger partial charge in [0.25, 0.3) is 0 Å². The number of hydrogen-bond acceptors (Lipinski definition) is 7. The van der Waals surface area contributed by atoms with Crippen LogP contribution in [0.2, 0.25) is 0 Å². The van der Waals surface area contributed by atoms with Crippen molar-refractivity contribution >= 4 is 11.6 Å². The maximum absolute atomic E-state index is 6.31. The Bertz CT molecular complexity index is 670. The summed E-state index contributed by atoms with van der Waals surface area (Å²) in [6, 6.07) is 0.567. The predicted octanol–water partition coefficient (Wildman–Crippen LogP) is 0.0147. The Morgan fingerprint density at radius 2 is 1.62 bits per heavy atom. The SMILES string of the molecule is C.CC(C)[C@H](CN1CC[C@H](C2C=CC(Cl)CC2)C(C)(C)C1)NC[C@@H]1CCN(CCC2NNNN2)C1.O.O.O.O. The molecule has 39 heavy (non-hydrogen) atoms. The van der Waals surface area contributed by atoms with Crippen LogP contribution in [0.4, 0.5) is 0 Å². The molecule has 3 aliphatic heterocycles. The minimum atomic E-state index is 0. The highest BCUT2D eigenvalue weighted by molar-refractivity contribution is 6.21. The second-order valence-corrected chi connectivity index (χ2v) is 12.9. The first-order valence-electron chi connectivity index (χ1n) is 13.8. The van der Waals surface area contributed by atoms with Crippen LogP contribution in [-0.4, -0.2) is 95.1 Å². The van der Waals surface area contributed by atoms with Crippen LogP contribution in [0.25, 0.3) is 0 Å². The zero-order valence-electron chi connectivity index (χ0n) is 24.0. The molecule has 0 aromatic heterocycles.